The number of hydrogen-bond donors (Lipinski definition) is 1. The molecule has 8 heteroatoms. The molecule has 0 radical (unpaired) electrons. The Kier molecular flexibility index (Phi) is 10.0. The number of carbonyl (C=O) groups is 2. The molecule has 2 aromatic carbocycles. The lowest BCUT2D eigenvalue weighted by molar-refractivity contribution is -0.133. The molecule has 0 aromatic heterocycles. The minimum atomic E-state index is -0.230. The fraction of sp³-hybridized carbons (Fsp3) is 0.375. The number of benzene rings is 2. The molecule has 0 aliphatic rings. The third-order valence-corrected chi connectivity index (χ3v) is 4.66. The van der Waals surface area contributed by atoms with Gasteiger partial charge >= 0.3 is 0 Å². The van der Waals surface area contributed by atoms with Crippen molar-refractivity contribution in [1.82, 2.24) is 10.3 Å². The number of carbonyl (C=O) groups excluding carboxylic acids is 2. The van der Waals surface area contributed by atoms with Gasteiger partial charge in [0.05, 0.1) is 26.4 Å². The van der Waals surface area contributed by atoms with Crippen LogP contribution in [0.1, 0.15) is 31.9 Å². The first-order chi connectivity index (χ1) is 15.5. The van der Waals surface area contributed by atoms with Crippen molar-refractivity contribution in [1.29, 1.82) is 0 Å². The molecule has 0 atom stereocenters. The van der Waals surface area contributed by atoms with Gasteiger partial charge in [-0.1, -0.05) is 12.1 Å². The number of hydrogen-bond acceptors (Lipinski definition) is 6. The van der Waals surface area contributed by atoms with E-state index in [1.54, 1.807) is 42.3 Å². The van der Waals surface area contributed by atoms with Crippen molar-refractivity contribution >= 4 is 18.0 Å². The van der Waals surface area contributed by atoms with E-state index in [-0.39, 0.29) is 24.8 Å². The van der Waals surface area contributed by atoms with Crippen LogP contribution >= 0.6 is 0 Å². The molecule has 0 fully saturated rings. The summed E-state index contributed by atoms with van der Waals surface area (Å²) in [5.74, 6) is 1.41. The second kappa shape index (κ2) is 13.0. The predicted molar refractivity (Wildman–Crippen MR) is 123 cm³/mol. The zero-order valence-corrected chi connectivity index (χ0v) is 19.1. The highest BCUT2D eigenvalue weighted by atomic mass is 16.5. The number of hydrazone groups is 1. The maximum absolute atomic E-state index is 12.2. The SMILES string of the molecule is CCOc1cc(/C=N\NC(=O)Cc2ccc(OC)cc2)ccc1OCC(=O)N(CC)CC. The van der Waals surface area contributed by atoms with Gasteiger partial charge in [-0.2, -0.15) is 5.10 Å². The molecule has 2 aromatic rings. The van der Waals surface area contributed by atoms with Crippen molar-refractivity contribution < 1.29 is 23.8 Å². The Morgan fingerprint density at radius 3 is 2.34 bits per heavy atom. The van der Waals surface area contributed by atoms with Crippen LogP contribution in [0.25, 0.3) is 0 Å². The van der Waals surface area contributed by atoms with Crippen molar-refractivity contribution in [3.63, 3.8) is 0 Å². The second-order valence-corrected chi connectivity index (χ2v) is 6.81. The lowest BCUT2D eigenvalue weighted by Crippen LogP contribution is -2.34. The van der Waals surface area contributed by atoms with E-state index in [9.17, 15) is 9.59 Å². The van der Waals surface area contributed by atoms with Crippen molar-refractivity contribution in [2.24, 2.45) is 5.10 Å². The fourth-order valence-electron chi connectivity index (χ4n) is 2.95. The summed E-state index contributed by atoms with van der Waals surface area (Å²) in [6, 6.07) is 12.5. The average Bonchev–Trinajstić information content (AvgIpc) is 2.80. The van der Waals surface area contributed by atoms with Crippen LogP contribution in [0.3, 0.4) is 0 Å². The van der Waals surface area contributed by atoms with Crippen LogP contribution in [0.5, 0.6) is 17.2 Å². The first-order valence-corrected chi connectivity index (χ1v) is 10.6. The number of nitrogens with zero attached hydrogens (tertiary/aromatic N) is 2. The Morgan fingerprint density at radius 1 is 1.00 bits per heavy atom. The van der Waals surface area contributed by atoms with Crippen LogP contribution in [0, 0.1) is 0 Å². The third-order valence-electron chi connectivity index (χ3n) is 4.66. The highest BCUT2D eigenvalue weighted by molar-refractivity contribution is 5.84. The molecule has 0 spiro atoms. The van der Waals surface area contributed by atoms with Crippen molar-refractivity contribution in [3.8, 4) is 17.2 Å². The van der Waals surface area contributed by atoms with Crippen LogP contribution < -0.4 is 19.6 Å². The number of rotatable bonds is 12. The molecule has 8 nitrogen and oxygen atoms in total. The number of nitrogens with one attached hydrogen (secondary N) is 1. The summed E-state index contributed by atoms with van der Waals surface area (Å²) < 4.78 is 16.4. The number of likely N-dealkylation sites (N-methyl/N-ethyl adjacent to an activating group) is 1. The Bertz CT molecular complexity index is 908. The van der Waals surface area contributed by atoms with Gasteiger partial charge in [0, 0.05) is 13.1 Å². The Hall–Kier alpha value is -3.55. The standard InChI is InChI=1S/C24H31N3O5/c1-5-27(6-2)24(29)17-32-21-13-10-19(14-22(21)31-7-3)16-25-26-23(28)15-18-8-11-20(30-4)12-9-18/h8-14,16H,5-7,15,17H2,1-4H3,(H,26,28)/b25-16-. The van der Waals surface area contributed by atoms with Gasteiger partial charge in [0.1, 0.15) is 5.75 Å². The summed E-state index contributed by atoms with van der Waals surface area (Å²) in [5.41, 5.74) is 4.10. The third kappa shape index (κ3) is 7.61. The van der Waals surface area contributed by atoms with Crippen LogP contribution in [0.4, 0.5) is 0 Å². The summed E-state index contributed by atoms with van der Waals surface area (Å²) in [7, 11) is 1.60. The molecular formula is C24H31N3O5. The number of amides is 2. The first kappa shape index (κ1) is 24.7. The van der Waals surface area contributed by atoms with E-state index in [0.29, 0.717) is 31.2 Å². The van der Waals surface area contributed by atoms with E-state index < -0.39 is 0 Å². The van der Waals surface area contributed by atoms with Gasteiger partial charge in [0.15, 0.2) is 18.1 Å². The summed E-state index contributed by atoms with van der Waals surface area (Å²) >= 11 is 0. The van der Waals surface area contributed by atoms with Gasteiger partial charge in [0.25, 0.3) is 5.91 Å². The number of methoxy groups -OCH3 is 1. The zero-order chi connectivity index (χ0) is 23.3. The van der Waals surface area contributed by atoms with E-state index in [0.717, 1.165) is 16.9 Å². The van der Waals surface area contributed by atoms with E-state index in [4.69, 9.17) is 14.2 Å². The van der Waals surface area contributed by atoms with Crippen molar-refractivity contribution in [2.75, 3.05) is 33.4 Å². The Labute approximate surface area is 189 Å². The summed E-state index contributed by atoms with van der Waals surface area (Å²) in [5, 5.41) is 4.02. The molecule has 32 heavy (non-hydrogen) atoms. The van der Waals surface area contributed by atoms with Gasteiger partial charge in [0.2, 0.25) is 5.91 Å². The molecule has 2 rings (SSSR count). The van der Waals surface area contributed by atoms with Crippen LogP contribution in [0.2, 0.25) is 0 Å². The van der Waals surface area contributed by atoms with Crippen LogP contribution in [-0.4, -0.2) is 56.3 Å². The number of ether oxygens (including phenoxy) is 3. The lowest BCUT2D eigenvalue weighted by Gasteiger charge is -2.19. The maximum Gasteiger partial charge on any atom is 0.260 e. The monoisotopic (exact) mass is 441 g/mol. The normalized spacial score (nSPS) is 10.6. The van der Waals surface area contributed by atoms with Gasteiger partial charge in [-0.3, -0.25) is 9.59 Å². The van der Waals surface area contributed by atoms with Crippen molar-refractivity contribution in [2.45, 2.75) is 27.2 Å². The van der Waals surface area contributed by atoms with Crippen molar-refractivity contribution in [3.05, 3.63) is 53.6 Å². The summed E-state index contributed by atoms with van der Waals surface area (Å²) in [6.07, 6.45) is 1.73. The summed E-state index contributed by atoms with van der Waals surface area (Å²) in [6.45, 7) is 7.38. The topological polar surface area (TPSA) is 89.5 Å². The molecular weight excluding hydrogens is 410 g/mol. The minimum Gasteiger partial charge on any atom is -0.497 e. The highest BCUT2D eigenvalue weighted by Gasteiger charge is 2.13. The molecule has 2 amide bonds. The van der Waals surface area contributed by atoms with Crippen LogP contribution in [0.15, 0.2) is 47.6 Å². The summed E-state index contributed by atoms with van der Waals surface area (Å²) in [4.78, 5) is 26.0. The molecule has 172 valence electrons. The largest absolute Gasteiger partial charge is 0.497 e. The zero-order valence-electron chi connectivity index (χ0n) is 19.1. The molecule has 0 saturated carbocycles. The lowest BCUT2D eigenvalue weighted by atomic mass is 10.1. The highest BCUT2D eigenvalue weighted by Crippen LogP contribution is 2.28. The van der Waals surface area contributed by atoms with E-state index in [1.165, 1.54) is 6.21 Å². The van der Waals surface area contributed by atoms with E-state index in [2.05, 4.69) is 10.5 Å². The minimum absolute atomic E-state index is 0.0589. The van der Waals surface area contributed by atoms with E-state index >= 15 is 0 Å². The van der Waals surface area contributed by atoms with Gasteiger partial charge in [-0.15, -0.1) is 0 Å². The molecule has 0 saturated heterocycles. The molecule has 0 aliphatic heterocycles. The fourth-order valence-corrected chi connectivity index (χ4v) is 2.95. The molecule has 0 heterocycles. The second-order valence-electron chi connectivity index (χ2n) is 6.81. The Balaban J connectivity index is 1.95. The molecule has 1 N–H and O–H groups in total. The molecule has 0 unspecified atom stereocenters. The Morgan fingerprint density at radius 2 is 1.72 bits per heavy atom. The van der Waals surface area contributed by atoms with Gasteiger partial charge < -0.3 is 19.1 Å². The average molecular weight is 442 g/mol. The predicted octanol–water partition coefficient (Wildman–Crippen LogP) is 3.03. The first-order valence-electron chi connectivity index (χ1n) is 10.6. The molecule has 0 bridgehead atoms. The van der Waals surface area contributed by atoms with Crippen LogP contribution in [-0.2, 0) is 16.0 Å². The quantitative estimate of drug-likeness (QED) is 0.404. The molecule has 0 aliphatic carbocycles. The maximum atomic E-state index is 12.2. The van der Waals surface area contributed by atoms with E-state index in [1.807, 2.05) is 32.9 Å². The smallest absolute Gasteiger partial charge is 0.260 e. The van der Waals surface area contributed by atoms with Gasteiger partial charge in [-0.25, -0.2) is 5.43 Å². The van der Waals surface area contributed by atoms with Gasteiger partial charge in [-0.05, 0) is 62.2 Å².